The van der Waals surface area contributed by atoms with E-state index >= 15 is 0 Å². The molecule has 7 heteroatoms. The molecule has 0 saturated heterocycles. The van der Waals surface area contributed by atoms with Gasteiger partial charge in [-0.2, -0.15) is 0 Å². The number of aryl methyl sites for hydroxylation is 2. The van der Waals surface area contributed by atoms with Crippen molar-refractivity contribution in [1.29, 1.82) is 0 Å². The van der Waals surface area contributed by atoms with Crippen LogP contribution in [0.2, 0.25) is 0 Å². The van der Waals surface area contributed by atoms with E-state index in [1.165, 1.54) is 18.2 Å². The van der Waals surface area contributed by atoms with Crippen LogP contribution < -0.4 is 5.32 Å². The summed E-state index contributed by atoms with van der Waals surface area (Å²) in [6.07, 6.45) is 4.89. The van der Waals surface area contributed by atoms with E-state index in [4.69, 9.17) is 5.11 Å². The lowest BCUT2D eigenvalue weighted by Gasteiger charge is -2.16. The fourth-order valence-electron chi connectivity index (χ4n) is 2.94. The number of aliphatic carboxylic acids is 1. The number of aromatic nitrogens is 2. The third-order valence-corrected chi connectivity index (χ3v) is 4.21. The van der Waals surface area contributed by atoms with Crippen LogP contribution >= 0.6 is 0 Å². The van der Waals surface area contributed by atoms with E-state index < -0.39 is 17.7 Å². The highest BCUT2D eigenvalue weighted by Gasteiger charge is 2.21. The molecule has 26 heavy (non-hydrogen) atoms. The van der Waals surface area contributed by atoms with Gasteiger partial charge >= 0.3 is 5.97 Å². The van der Waals surface area contributed by atoms with Gasteiger partial charge in [0.05, 0.1) is 6.42 Å². The molecule has 2 N–H and O–H groups in total. The monoisotopic (exact) mass is 361 g/mol. The van der Waals surface area contributed by atoms with Crippen LogP contribution in [0.4, 0.5) is 4.39 Å². The van der Waals surface area contributed by atoms with Crippen molar-refractivity contribution in [2.75, 3.05) is 6.54 Å². The molecule has 0 spiro atoms. The summed E-state index contributed by atoms with van der Waals surface area (Å²) in [4.78, 5) is 27.5. The van der Waals surface area contributed by atoms with Gasteiger partial charge in [-0.05, 0) is 18.1 Å². The molecular formula is C19H24FN3O3. The summed E-state index contributed by atoms with van der Waals surface area (Å²) in [7, 11) is 0. The van der Waals surface area contributed by atoms with Gasteiger partial charge in [0, 0.05) is 44.2 Å². The van der Waals surface area contributed by atoms with Crippen LogP contribution in [-0.4, -0.2) is 33.1 Å². The Labute approximate surface area is 152 Å². The number of hydrogen-bond acceptors (Lipinski definition) is 3. The van der Waals surface area contributed by atoms with Gasteiger partial charge in [0.25, 0.3) is 0 Å². The van der Waals surface area contributed by atoms with Gasteiger partial charge in [0.1, 0.15) is 11.6 Å². The van der Waals surface area contributed by atoms with Crippen LogP contribution in [0.1, 0.15) is 43.5 Å². The summed E-state index contributed by atoms with van der Waals surface area (Å²) >= 11 is 0. The highest BCUT2D eigenvalue weighted by atomic mass is 19.1. The van der Waals surface area contributed by atoms with Crippen molar-refractivity contribution in [3.05, 3.63) is 53.9 Å². The number of carboxylic acid groups (broad SMARTS) is 1. The van der Waals surface area contributed by atoms with Crippen molar-refractivity contribution in [2.45, 2.75) is 45.1 Å². The zero-order chi connectivity index (χ0) is 18.9. The molecule has 1 heterocycles. The first-order valence-electron chi connectivity index (χ1n) is 8.74. The summed E-state index contributed by atoms with van der Waals surface area (Å²) in [6, 6.07) is 5.99. The van der Waals surface area contributed by atoms with Gasteiger partial charge in [-0.25, -0.2) is 9.37 Å². The minimum Gasteiger partial charge on any atom is -0.481 e. The third kappa shape index (κ3) is 5.68. The summed E-state index contributed by atoms with van der Waals surface area (Å²) in [5.74, 6) is -1.51. The van der Waals surface area contributed by atoms with Gasteiger partial charge in [-0.1, -0.05) is 25.1 Å². The van der Waals surface area contributed by atoms with E-state index in [9.17, 15) is 14.0 Å². The number of nitrogens with one attached hydrogen (secondary N) is 1. The molecule has 0 aliphatic carbocycles. The van der Waals surface area contributed by atoms with Crippen molar-refractivity contribution >= 4 is 11.9 Å². The standard InChI is InChI=1S/C19H24FN3O3/c1-2-17-21-9-11-23(17)10-5-8-22-18(24)12-14(13-19(25)26)15-6-3-4-7-16(15)20/h3-4,6-7,9,11,14H,2,5,8,10,12-13H2,1H3,(H,22,24)(H,25,26). The number of benzene rings is 1. The number of amides is 1. The fourth-order valence-corrected chi connectivity index (χ4v) is 2.94. The van der Waals surface area contributed by atoms with Crippen molar-refractivity contribution in [2.24, 2.45) is 0 Å². The smallest absolute Gasteiger partial charge is 0.303 e. The minimum atomic E-state index is -1.06. The van der Waals surface area contributed by atoms with Crippen molar-refractivity contribution in [1.82, 2.24) is 14.9 Å². The van der Waals surface area contributed by atoms with Gasteiger partial charge < -0.3 is 15.0 Å². The Bertz CT molecular complexity index is 745. The minimum absolute atomic E-state index is 0.0570. The number of rotatable bonds is 10. The Hall–Kier alpha value is -2.70. The van der Waals surface area contributed by atoms with Crippen molar-refractivity contribution in [3.63, 3.8) is 0 Å². The second-order valence-electron chi connectivity index (χ2n) is 6.11. The average Bonchev–Trinajstić information content (AvgIpc) is 3.05. The van der Waals surface area contributed by atoms with Crippen molar-refractivity contribution in [3.8, 4) is 0 Å². The summed E-state index contributed by atoms with van der Waals surface area (Å²) in [5, 5.41) is 11.8. The average molecular weight is 361 g/mol. The summed E-state index contributed by atoms with van der Waals surface area (Å²) in [6.45, 7) is 3.25. The van der Waals surface area contributed by atoms with Gasteiger partial charge in [-0.3, -0.25) is 9.59 Å². The SMILES string of the molecule is CCc1nccn1CCCNC(=O)CC(CC(=O)O)c1ccccc1F. The van der Waals surface area contributed by atoms with Crippen molar-refractivity contribution < 1.29 is 19.1 Å². The van der Waals surface area contributed by atoms with E-state index in [0.717, 1.165) is 25.2 Å². The number of nitrogens with zero attached hydrogens (tertiary/aromatic N) is 2. The second-order valence-corrected chi connectivity index (χ2v) is 6.11. The second kappa shape index (κ2) is 9.70. The Morgan fingerprint density at radius 3 is 2.77 bits per heavy atom. The van der Waals surface area contributed by atoms with Gasteiger partial charge in [0.2, 0.25) is 5.91 Å². The summed E-state index contributed by atoms with van der Waals surface area (Å²) < 4.78 is 16.0. The van der Waals surface area contributed by atoms with Crippen LogP contribution in [0.3, 0.4) is 0 Å². The molecule has 0 aliphatic rings. The number of halogens is 1. The molecule has 0 fully saturated rings. The maximum Gasteiger partial charge on any atom is 0.303 e. The zero-order valence-electron chi connectivity index (χ0n) is 14.8. The molecule has 6 nitrogen and oxygen atoms in total. The maximum absolute atomic E-state index is 13.9. The van der Waals surface area contributed by atoms with E-state index in [2.05, 4.69) is 10.3 Å². The van der Waals surface area contributed by atoms with E-state index in [1.54, 1.807) is 12.3 Å². The Kier molecular flexibility index (Phi) is 7.32. The molecule has 2 rings (SSSR count). The van der Waals surface area contributed by atoms with Crippen LogP contribution in [0, 0.1) is 5.82 Å². The van der Waals surface area contributed by atoms with Gasteiger partial charge in [0.15, 0.2) is 0 Å². The predicted molar refractivity (Wildman–Crippen MR) is 95.2 cm³/mol. The number of carbonyl (C=O) groups excluding carboxylic acids is 1. The number of hydrogen-bond donors (Lipinski definition) is 2. The normalized spacial score (nSPS) is 11.9. The molecule has 1 aromatic carbocycles. The molecule has 140 valence electrons. The Morgan fingerprint density at radius 2 is 2.08 bits per heavy atom. The molecular weight excluding hydrogens is 337 g/mol. The Balaban J connectivity index is 1.85. The molecule has 0 bridgehead atoms. The lowest BCUT2D eigenvalue weighted by molar-refractivity contribution is -0.137. The number of carboxylic acids is 1. The molecule has 1 unspecified atom stereocenters. The molecule has 0 saturated carbocycles. The highest BCUT2D eigenvalue weighted by molar-refractivity contribution is 5.78. The fraction of sp³-hybridized carbons (Fsp3) is 0.421. The van der Waals surface area contributed by atoms with Gasteiger partial charge in [-0.15, -0.1) is 0 Å². The molecule has 1 atom stereocenters. The maximum atomic E-state index is 13.9. The van der Waals surface area contributed by atoms with Crippen LogP contribution in [0.25, 0.3) is 0 Å². The van der Waals surface area contributed by atoms with Crippen LogP contribution in [0.15, 0.2) is 36.7 Å². The quantitative estimate of drug-likeness (QED) is 0.637. The van der Waals surface area contributed by atoms with Crippen LogP contribution in [-0.2, 0) is 22.6 Å². The molecule has 0 radical (unpaired) electrons. The van der Waals surface area contributed by atoms with E-state index in [1.807, 2.05) is 17.7 Å². The largest absolute Gasteiger partial charge is 0.481 e. The number of imidazole rings is 1. The number of carbonyl (C=O) groups is 2. The van der Waals surface area contributed by atoms with Crippen LogP contribution in [0.5, 0.6) is 0 Å². The first-order chi connectivity index (χ1) is 12.5. The molecule has 1 amide bonds. The molecule has 2 aromatic rings. The first kappa shape index (κ1) is 19.6. The zero-order valence-corrected chi connectivity index (χ0v) is 14.8. The third-order valence-electron chi connectivity index (χ3n) is 4.21. The summed E-state index contributed by atoms with van der Waals surface area (Å²) in [5.41, 5.74) is 0.260. The first-order valence-corrected chi connectivity index (χ1v) is 8.74. The van der Waals surface area contributed by atoms with E-state index in [-0.39, 0.29) is 24.3 Å². The van der Waals surface area contributed by atoms with E-state index in [0.29, 0.717) is 6.54 Å². The lowest BCUT2D eigenvalue weighted by Crippen LogP contribution is -2.27. The molecule has 1 aromatic heterocycles. The topological polar surface area (TPSA) is 84.2 Å². The Morgan fingerprint density at radius 1 is 1.31 bits per heavy atom. The lowest BCUT2D eigenvalue weighted by atomic mass is 9.91. The predicted octanol–water partition coefficient (Wildman–Crippen LogP) is 2.74. The molecule has 0 aliphatic heterocycles. The highest BCUT2D eigenvalue weighted by Crippen LogP contribution is 2.25.